The maximum absolute atomic E-state index is 9.21. The average molecular weight is 142 g/mol. The molecule has 0 unspecified atom stereocenters. The van der Waals surface area contributed by atoms with E-state index in [0.717, 1.165) is 24.7 Å². The highest BCUT2D eigenvalue weighted by atomic mass is 16.3. The fourth-order valence-corrected chi connectivity index (χ4v) is 1.93. The minimum absolute atomic E-state index is 0.0174. The van der Waals surface area contributed by atoms with Crippen LogP contribution in [-0.4, -0.2) is 11.2 Å². The molecule has 1 nitrogen and oxygen atoms in total. The van der Waals surface area contributed by atoms with Gasteiger partial charge >= 0.3 is 0 Å². The second kappa shape index (κ2) is 3.38. The Balaban J connectivity index is 2.18. The molecule has 0 aromatic heterocycles. The van der Waals surface area contributed by atoms with Gasteiger partial charge in [0.15, 0.2) is 0 Å². The largest absolute Gasteiger partial charge is 0.393 e. The van der Waals surface area contributed by atoms with E-state index < -0.39 is 0 Å². The van der Waals surface area contributed by atoms with Crippen LogP contribution >= 0.6 is 0 Å². The lowest BCUT2D eigenvalue weighted by molar-refractivity contribution is 0.175. The molecule has 0 amide bonds. The highest BCUT2D eigenvalue weighted by molar-refractivity contribution is 4.75. The molecular formula is C9H18O. The minimum atomic E-state index is 0.0174. The zero-order valence-corrected chi connectivity index (χ0v) is 7.01. The smallest absolute Gasteiger partial charge is 0.0543 e. The van der Waals surface area contributed by atoms with Crippen LogP contribution in [0.1, 0.15) is 39.5 Å². The zero-order valence-electron chi connectivity index (χ0n) is 7.01. The van der Waals surface area contributed by atoms with Crippen LogP contribution in [0.3, 0.4) is 0 Å². The second-order valence-electron chi connectivity index (χ2n) is 3.96. The summed E-state index contributed by atoms with van der Waals surface area (Å²) in [5.74, 6) is 1.62. The quantitative estimate of drug-likeness (QED) is 0.626. The molecule has 1 fully saturated rings. The molecule has 2 atom stereocenters. The summed E-state index contributed by atoms with van der Waals surface area (Å²) >= 11 is 0. The Bertz CT molecular complexity index is 98.9. The van der Waals surface area contributed by atoms with Crippen molar-refractivity contribution in [3.05, 3.63) is 0 Å². The Morgan fingerprint density at radius 3 is 2.50 bits per heavy atom. The maximum atomic E-state index is 9.21. The van der Waals surface area contributed by atoms with Crippen molar-refractivity contribution >= 4 is 0 Å². The predicted octanol–water partition coefficient (Wildman–Crippen LogP) is 2.19. The van der Waals surface area contributed by atoms with E-state index in [0.29, 0.717) is 0 Å². The first-order valence-electron chi connectivity index (χ1n) is 4.36. The molecular weight excluding hydrogens is 124 g/mol. The number of aliphatic hydroxyl groups excluding tert-OH is 1. The standard InChI is InChI=1S/C9H18O/c1-7(2)5-8-3-4-9(10)6-8/h7-10H,3-6H2,1-2H3/t8-,9+/m0/s1. The Labute approximate surface area is 63.4 Å². The molecule has 0 bridgehead atoms. The van der Waals surface area contributed by atoms with Crippen LogP contribution in [0, 0.1) is 11.8 Å². The molecule has 0 saturated heterocycles. The molecule has 1 aliphatic rings. The average Bonchev–Trinajstić information content (AvgIpc) is 2.13. The monoisotopic (exact) mass is 142 g/mol. The SMILES string of the molecule is CC(C)C[C@@H]1CC[C@@H](O)C1. The maximum Gasteiger partial charge on any atom is 0.0543 e. The van der Waals surface area contributed by atoms with E-state index in [1.54, 1.807) is 0 Å². The lowest BCUT2D eigenvalue weighted by atomic mass is 9.96. The van der Waals surface area contributed by atoms with Crippen LogP contribution < -0.4 is 0 Å². The van der Waals surface area contributed by atoms with E-state index >= 15 is 0 Å². The van der Waals surface area contributed by atoms with Gasteiger partial charge in [-0.3, -0.25) is 0 Å². The molecule has 1 saturated carbocycles. The van der Waals surface area contributed by atoms with Gasteiger partial charge in [-0.05, 0) is 37.5 Å². The van der Waals surface area contributed by atoms with Gasteiger partial charge in [-0.1, -0.05) is 13.8 Å². The van der Waals surface area contributed by atoms with Crippen molar-refractivity contribution in [2.75, 3.05) is 0 Å². The Kier molecular flexibility index (Phi) is 2.72. The lowest BCUT2D eigenvalue weighted by Crippen LogP contribution is -2.02. The summed E-state index contributed by atoms with van der Waals surface area (Å²) in [7, 11) is 0. The van der Waals surface area contributed by atoms with Crippen molar-refractivity contribution < 1.29 is 5.11 Å². The molecule has 10 heavy (non-hydrogen) atoms. The van der Waals surface area contributed by atoms with Gasteiger partial charge in [0.25, 0.3) is 0 Å². The molecule has 1 rings (SSSR count). The van der Waals surface area contributed by atoms with Crippen LogP contribution in [0.2, 0.25) is 0 Å². The predicted molar refractivity (Wildman–Crippen MR) is 42.8 cm³/mol. The molecule has 0 spiro atoms. The van der Waals surface area contributed by atoms with Gasteiger partial charge < -0.3 is 5.11 Å². The summed E-state index contributed by atoms with van der Waals surface area (Å²) in [4.78, 5) is 0. The summed E-state index contributed by atoms with van der Waals surface area (Å²) in [5.41, 5.74) is 0. The van der Waals surface area contributed by atoms with Crippen molar-refractivity contribution in [2.45, 2.75) is 45.6 Å². The van der Waals surface area contributed by atoms with E-state index in [1.165, 1.54) is 12.8 Å². The van der Waals surface area contributed by atoms with Crippen molar-refractivity contribution in [1.82, 2.24) is 0 Å². The zero-order chi connectivity index (χ0) is 7.56. The number of rotatable bonds is 2. The summed E-state index contributed by atoms with van der Waals surface area (Å²) in [6.07, 6.45) is 4.66. The first-order chi connectivity index (χ1) is 4.68. The van der Waals surface area contributed by atoms with E-state index in [-0.39, 0.29) is 6.10 Å². The highest BCUT2D eigenvalue weighted by Crippen LogP contribution is 2.30. The van der Waals surface area contributed by atoms with Crippen molar-refractivity contribution in [1.29, 1.82) is 0 Å². The summed E-state index contributed by atoms with van der Waals surface area (Å²) in [5, 5.41) is 9.21. The van der Waals surface area contributed by atoms with Crippen LogP contribution in [0.5, 0.6) is 0 Å². The number of aliphatic hydroxyl groups is 1. The normalized spacial score (nSPS) is 33.6. The van der Waals surface area contributed by atoms with Gasteiger partial charge in [-0.2, -0.15) is 0 Å². The van der Waals surface area contributed by atoms with Crippen molar-refractivity contribution in [2.24, 2.45) is 11.8 Å². The number of hydrogen-bond acceptors (Lipinski definition) is 1. The Morgan fingerprint density at radius 1 is 1.40 bits per heavy atom. The first-order valence-corrected chi connectivity index (χ1v) is 4.36. The van der Waals surface area contributed by atoms with Gasteiger partial charge in [-0.25, -0.2) is 0 Å². The van der Waals surface area contributed by atoms with E-state index in [2.05, 4.69) is 13.8 Å². The van der Waals surface area contributed by atoms with Crippen molar-refractivity contribution in [3.63, 3.8) is 0 Å². The molecule has 0 aliphatic heterocycles. The molecule has 60 valence electrons. The van der Waals surface area contributed by atoms with Crippen molar-refractivity contribution in [3.8, 4) is 0 Å². The lowest BCUT2D eigenvalue weighted by Gasteiger charge is -2.10. The third kappa shape index (κ3) is 2.30. The summed E-state index contributed by atoms with van der Waals surface area (Å²) in [6, 6.07) is 0. The summed E-state index contributed by atoms with van der Waals surface area (Å²) < 4.78 is 0. The Hall–Kier alpha value is -0.0400. The molecule has 0 radical (unpaired) electrons. The molecule has 0 aromatic carbocycles. The summed E-state index contributed by atoms with van der Waals surface area (Å²) in [6.45, 7) is 4.51. The minimum Gasteiger partial charge on any atom is -0.393 e. The third-order valence-corrected chi connectivity index (χ3v) is 2.32. The molecule has 1 aliphatic carbocycles. The molecule has 1 heteroatoms. The van der Waals surface area contributed by atoms with E-state index in [1.807, 2.05) is 0 Å². The van der Waals surface area contributed by atoms with Gasteiger partial charge in [0, 0.05) is 0 Å². The van der Waals surface area contributed by atoms with Crippen LogP contribution in [0.25, 0.3) is 0 Å². The number of hydrogen-bond donors (Lipinski definition) is 1. The van der Waals surface area contributed by atoms with Gasteiger partial charge in [-0.15, -0.1) is 0 Å². The first kappa shape index (κ1) is 8.06. The van der Waals surface area contributed by atoms with Gasteiger partial charge in [0.1, 0.15) is 0 Å². The van der Waals surface area contributed by atoms with Crippen LogP contribution in [-0.2, 0) is 0 Å². The van der Waals surface area contributed by atoms with Crippen LogP contribution in [0.15, 0.2) is 0 Å². The highest BCUT2D eigenvalue weighted by Gasteiger charge is 2.22. The van der Waals surface area contributed by atoms with Crippen LogP contribution in [0.4, 0.5) is 0 Å². The van der Waals surface area contributed by atoms with Gasteiger partial charge in [0.05, 0.1) is 6.10 Å². The second-order valence-corrected chi connectivity index (χ2v) is 3.96. The van der Waals surface area contributed by atoms with E-state index in [4.69, 9.17) is 0 Å². The fraction of sp³-hybridized carbons (Fsp3) is 1.00. The molecule has 0 heterocycles. The third-order valence-electron chi connectivity index (χ3n) is 2.32. The fourth-order valence-electron chi connectivity index (χ4n) is 1.93. The topological polar surface area (TPSA) is 20.2 Å². The van der Waals surface area contributed by atoms with E-state index in [9.17, 15) is 5.11 Å². The molecule has 1 N–H and O–H groups in total. The molecule has 0 aromatic rings. The Morgan fingerprint density at radius 2 is 2.10 bits per heavy atom. The van der Waals surface area contributed by atoms with Gasteiger partial charge in [0.2, 0.25) is 0 Å².